The molecule has 0 unspecified atom stereocenters. The Bertz CT molecular complexity index is 151. The zero-order valence-corrected chi connectivity index (χ0v) is 9.93. The second kappa shape index (κ2) is 4.00. The highest BCUT2D eigenvalue weighted by Gasteiger charge is 2.33. The van der Waals surface area contributed by atoms with E-state index >= 15 is 0 Å². The SMILES string of the molecule is CCN(C)C1CC(CC(C)(C)C)C1. The van der Waals surface area contributed by atoms with Crippen molar-refractivity contribution in [2.75, 3.05) is 13.6 Å². The lowest BCUT2D eigenvalue weighted by Crippen LogP contribution is -2.43. The van der Waals surface area contributed by atoms with Crippen LogP contribution in [0.4, 0.5) is 0 Å². The fraction of sp³-hybridized carbons (Fsp3) is 1.00. The zero-order chi connectivity index (χ0) is 10.1. The Hall–Kier alpha value is -0.0400. The van der Waals surface area contributed by atoms with E-state index < -0.39 is 0 Å². The van der Waals surface area contributed by atoms with E-state index in [1.807, 2.05) is 0 Å². The lowest BCUT2D eigenvalue weighted by Gasteiger charge is -2.43. The van der Waals surface area contributed by atoms with E-state index in [0.29, 0.717) is 5.41 Å². The lowest BCUT2D eigenvalue weighted by atomic mass is 9.71. The molecular weight excluding hydrogens is 158 g/mol. The van der Waals surface area contributed by atoms with Gasteiger partial charge in [0.1, 0.15) is 0 Å². The van der Waals surface area contributed by atoms with Crippen LogP contribution in [0.1, 0.15) is 47.0 Å². The van der Waals surface area contributed by atoms with E-state index in [4.69, 9.17) is 0 Å². The van der Waals surface area contributed by atoms with Gasteiger partial charge in [-0.25, -0.2) is 0 Å². The molecule has 0 radical (unpaired) electrons. The molecule has 0 saturated heterocycles. The van der Waals surface area contributed by atoms with Gasteiger partial charge in [0.15, 0.2) is 0 Å². The molecule has 1 rings (SSSR count). The molecule has 0 heterocycles. The summed E-state index contributed by atoms with van der Waals surface area (Å²) in [5, 5.41) is 0. The quantitative estimate of drug-likeness (QED) is 0.649. The van der Waals surface area contributed by atoms with Crippen LogP contribution in [0.2, 0.25) is 0 Å². The summed E-state index contributed by atoms with van der Waals surface area (Å²) in [6, 6.07) is 0.886. The van der Waals surface area contributed by atoms with Gasteiger partial charge in [-0.05, 0) is 44.2 Å². The number of nitrogens with zero attached hydrogens (tertiary/aromatic N) is 1. The molecule has 1 aliphatic carbocycles. The van der Waals surface area contributed by atoms with Crippen LogP contribution in [-0.2, 0) is 0 Å². The molecule has 0 aromatic carbocycles. The van der Waals surface area contributed by atoms with Crippen LogP contribution in [0, 0.1) is 11.3 Å². The molecule has 1 heteroatoms. The zero-order valence-electron chi connectivity index (χ0n) is 9.93. The van der Waals surface area contributed by atoms with E-state index in [1.165, 1.54) is 25.8 Å². The molecule has 0 aromatic heterocycles. The predicted molar refractivity (Wildman–Crippen MR) is 58.9 cm³/mol. The maximum absolute atomic E-state index is 2.49. The number of hydrogen-bond acceptors (Lipinski definition) is 1. The van der Waals surface area contributed by atoms with Crippen molar-refractivity contribution < 1.29 is 0 Å². The van der Waals surface area contributed by atoms with Crippen LogP contribution >= 0.6 is 0 Å². The molecule has 0 atom stereocenters. The Labute approximate surface area is 83.5 Å². The Kier molecular flexibility index (Phi) is 3.39. The fourth-order valence-electron chi connectivity index (χ4n) is 2.35. The normalized spacial score (nSPS) is 29.1. The van der Waals surface area contributed by atoms with Crippen LogP contribution < -0.4 is 0 Å². The second-order valence-corrected chi connectivity index (χ2v) is 5.83. The lowest BCUT2D eigenvalue weighted by molar-refractivity contribution is 0.0785. The van der Waals surface area contributed by atoms with Gasteiger partial charge in [-0.3, -0.25) is 0 Å². The minimum atomic E-state index is 0.528. The third-order valence-electron chi connectivity index (χ3n) is 3.23. The Balaban J connectivity index is 2.19. The maximum atomic E-state index is 2.49. The largest absolute Gasteiger partial charge is 0.304 e. The van der Waals surface area contributed by atoms with Crippen LogP contribution in [0.15, 0.2) is 0 Å². The van der Waals surface area contributed by atoms with Gasteiger partial charge >= 0.3 is 0 Å². The highest BCUT2D eigenvalue weighted by Crippen LogP contribution is 2.39. The predicted octanol–water partition coefficient (Wildman–Crippen LogP) is 3.15. The standard InChI is InChI=1S/C12H25N/c1-6-13(5)11-7-10(8-11)9-12(2,3)4/h10-11H,6-9H2,1-5H3. The highest BCUT2D eigenvalue weighted by molar-refractivity contribution is 4.87. The van der Waals surface area contributed by atoms with E-state index in [9.17, 15) is 0 Å². The van der Waals surface area contributed by atoms with E-state index in [2.05, 4.69) is 39.6 Å². The van der Waals surface area contributed by atoms with Crippen LogP contribution in [-0.4, -0.2) is 24.5 Å². The summed E-state index contributed by atoms with van der Waals surface area (Å²) in [5.41, 5.74) is 0.528. The summed E-state index contributed by atoms with van der Waals surface area (Å²) >= 11 is 0. The van der Waals surface area contributed by atoms with Crippen molar-refractivity contribution in [3.63, 3.8) is 0 Å². The van der Waals surface area contributed by atoms with Gasteiger partial charge in [0, 0.05) is 6.04 Å². The molecule has 1 fully saturated rings. The third kappa shape index (κ3) is 3.30. The summed E-state index contributed by atoms with van der Waals surface area (Å²) in [5.74, 6) is 0.999. The van der Waals surface area contributed by atoms with E-state index in [1.54, 1.807) is 0 Å². The molecule has 13 heavy (non-hydrogen) atoms. The van der Waals surface area contributed by atoms with Gasteiger partial charge in [0.05, 0.1) is 0 Å². The van der Waals surface area contributed by atoms with Crippen molar-refractivity contribution in [2.45, 2.75) is 53.0 Å². The average molecular weight is 183 g/mol. The smallest absolute Gasteiger partial charge is 0.00973 e. The monoisotopic (exact) mass is 183 g/mol. The van der Waals surface area contributed by atoms with Crippen LogP contribution in [0.5, 0.6) is 0 Å². The Morgan fingerprint density at radius 3 is 2.15 bits per heavy atom. The first-order valence-corrected chi connectivity index (χ1v) is 5.62. The van der Waals surface area contributed by atoms with Gasteiger partial charge in [0.2, 0.25) is 0 Å². The van der Waals surface area contributed by atoms with Gasteiger partial charge in [-0.15, -0.1) is 0 Å². The van der Waals surface area contributed by atoms with Crippen LogP contribution in [0.25, 0.3) is 0 Å². The first-order chi connectivity index (χ1) is 5.92. The summed E-state index contributed by atoms with van der Waals surface area (Å²) < 4.78 is 0. The molecule has 1 aliphatic rings. The van der Waals surface area contributed by atoms with Crippen molar-refractivity contribution in [2.24, 2.45) is 11.3 Å². The molecule has 1 saturated carbocycles. The summed E-state index contributed by atoms with van der Waals surface area (Å²) in [6.07, 6.45) is 4.27. The minimum Gasteiger partial charge on any atom is -0.304 e. The average Bonchev–Trinajstić information content (AvgIpc) is 1.92. The van der Waals surface area contributed by atoms with Gasteiger partial charge in [-0.1, -0.05) is 27.7 Å². The van der Waals surface area contributed by atoms with Crippen molar-refractivity contribution in [3.05, 3.63) is 0 Å². The molecule has 0 aliphatic heterocycles. The number of rotatable bonds is 3. The Morgan fingerprint density at radius 1 is 1.23 bits per heavy atom. The Morgan fingerprint density at radius 2 is 1.77 bits per heavy atom. The summed E-state index contributed by atoms with van der Waals surface area (Å²) in [7, 11) is 2.25. The summed E-state index contributed by atoms with van der Waals surface area (Å²) in [4.78, 5) is 2.49. The maximum Gasteiger partial charge on any atom is 0.00973 e. The minimum absolute atomic E-state index is 0.528. The molecule has 0 N–H and O–H groups in total. The van der Waals surface area contributed by atoms with E-state index in [0.717, 1.165) is 12.0 Å². The highest BCUT2D eigenvalue weighted by atomic mass is 15.1. The van der Waals surface area contributed by atoms with Gasteiger partial charge < -0.3 is 4.90 Å². The van der Waals surface area contributed by atoms with Crippen molar-refractivity contribution in [3.8, 4) is 0 Å². The van der Waals surface area contributed by atoms with Crippen molar-refractivity contribution >= 4 is 0 Å². The molecule has 0 amide bonds. The third-order valence-corrected chi connectivity index (χ3v) is 3.23. The molecule has 0 aromatic rings. The molecule has 1 nitrogen and oxygen atoms in total. The molecule has 0 bridgehead atoms. The van der Waals surface area contributed by atoms with Crippen molar-refractivity contribution in [1.82, 2.24) is 4.90 Å². The molecule has 78 valence electrons. The number of hydrogen-bond donors (Lipinski definition) is 0. The summed E-state index contributed by atoms with van der Waals surface area (Å²) in [6.45, 7) is 10.5. The van der Waals surface area contributed by atoms with E-state index in [-0.39, 0.29) is 0 Å². The molecular formula is C12H25N. The van der Waals surface area contributed by atoms with Crippen LogP contribution in [0.3, 0.4) is 0 Å². The second-order valence-electron chi connectivity index (χ2n) is 5.83. The van der Waals surface area contributed by atoms with Crippen molar-refractivity contribution in [1.29, 1.82) is 0 Å². The molecule has 0 spiro atoms. The van der Waals surface area contributed by atoms with Gasteiger partial charge in [-0.2, -0.15) is 0 Å². The first kappa shape index (κ1) is 11.0. The fourth-order valence-corrected chi connectivity index (χ4v) is 2.35. The topological polar surface area (TPSA) is 3.24 Å². The van der Waals surface area contributed by atoms with Gasteiger partial charge in [0.25, 0.3) is 0 Å². The first-order valence-electron chi connectivity index (χ1n) is 5.62.